The Bertz CT molecular complexity index is 843. The number of carbonyl (C=O) groups is 3. The number of carbonyl (C=O) groups excluding carboxylic acids is 3. The molecule has 144 valence electrons. The topological polar surface area (TPSA) is 76.2 Å². The maximum absolute atomic E-state index is 13.2. The van der Waals surface area contributed by atoms with Gasteiger partial charge in [0, 0.05) is 23.6 Å². The van der Waals surface area contributed by atoms with Gasteiger partial charge in [-0.1, -0.05) is 11.6 Å². The highest BCUT2D eigenvalue weighted by molar-refractivity contribution is 6.30. The van der Waals surface area contributed by atoms with Crippen molar-refractivity contribution in [3.8, 4) is 5.75 Å². The van der Waals surface area contributed by atoms with E-state index in [9.17, 15) is 14.4 Å². The number of hydrogen-bond acceptors (Lipinski definition) is 5. The average molecular weight is 393 g/mol. The van der Waals surface area contributed by atoms with E-state index in [-0.39, 0.29) is 37.5 Å². The van der Waals surface area contributed by atoms with E-state index in [2.05, 4.69) is 0 Å². The molecular formula is C19H21ClN2O5. The van der Waals surface area contributed by atoms with E-state index >= 15 is 0 Å². The summed E-state index contributed by atoms with van der Waals surface area (Å²) < 4.78 is 11.2. The fourth-order valence-corrected chi connectivity index (χ4v) is 5.06. The first-order chi connectivity index (χ1) is 12.8. The highest BCUT2D eigenvalue weighted by atomic mass is 35.5. The van der Waals surface area contributed by atoms with E-state index in [0.29, 0.717) is 10.8 Å². The van der Waals surface area contributed by atoms with Crippen LogP contribution in [0.5, 0.6) is 5.75 Å². The van der Waals surface area contributed by atoms with Gasteiger partial charge in [0.15, 0.2) is 0 Å². The Morgan fingerprint density at radius 3 is 2.85 bits per heavy atom. The molecule has 2 fully saturated rings. The number of esters is 1. The molecule has 2 saturated heterocycles. The molecule has 0 spiro atoms. The first kappa shape index (κ1) is 18.1. The summed E-state index contributed by atoms with van der Waals surface area (Å²) in [6, 6.07) is 4.76. The van der Waals surface area contributed by atoms with E-state index < -0.39 is 23.5 Å². The molecule has 0 bridgehead atoms. The Balaban J connectivity index is 1.91. The summed E-state index contributed by atoms with van der Waals surface area (Å²) in [6.07, 6.45) is 0. The SMILES string of the molecule is CCOC(=O)[C@H]1[C@H]2COc3ccc(Cl)cc3[C@@H]2N2C(=O)CN(C)C(=O)[C@@]12C. The average Bonchev–Trinajstić information content (AvgIpc) is 2.90. The predicted molar refractivity (Wildman–Crippen MR) is 96.2 cm³/mol. The Morgan fingerprint density at radius 2 is 2.15 bits per heavy atom. The molecule has 4 atom stereocenters. The molecule has 2 amide bonds. The fraction of sp³-hybridized carbons (Fsp3) is 0.526. The first-order valence-corrected chi connectivity index (χ1v) is 9.35. The number of benzene rings is 1. The maximum atomic E-state index is 13.2. The molecule has 0 aromatic heterocycles. The van der Waals surface area contributed by atoms with Crippen LogP contribution in [-0.4, -0.2) is 59.9 Å². The maximum Gasteiger partial charge on any atom is 0.312 e. The van der Waals surface area contributed by atoms with Crippen LogP contribution in [-0.2, 0) is 19.1 Å². The van der Waals surface area contributed by atoms with Crippen molar-refractivity contribution in [3.05, 3.63) is 28.8 Å². The number of halogens is 1. The van der Waals surface area contributed by atoms with Gasteiger partial charge in [-0.05, 0) is 32.0 Å². The van der Waals surface area contributed by atoms with Gasteiger partial charge in [-0.2, -0.15) is 0 Å². The zero-order valence-corrected chi connectivity index (χ0v) is 16.2. The molecule has 1 aromatic carbocycles. The normalized spacial score (nSPS) is 31.8. The van der Waals surface area contributed by atoms with Crippen molar-refractivity contribution in [2.75, 3.05) is 26.8 Å². The van der Waals surface area contributed by atoms with Crippen LogP contribution in [0.4, 0.5) is 0 Å². The van der Waals surface area contributed by atoms with Crippen LogP contribution >= 0.6 is 11.6 Å². The number of hydrogen-bond donors (Lipinski definition) is 0. The third kappa shape index (κ3) is 2.37. The summed E-state index contributed by atoms with van der Waals surface area (Å²) in [5, 5.41) is 0.507. The second-order valence-electron chi connectivity index (χ2n) is 7.40. The molecule has 7 nitrogen and oxygen atoms in total. The number of likely N-dealkylation sites (N-methyl/N-ethyl adjacent to an activating group) is 1. The van der Waals surface area contributed by atoms with Gasteiger partial charge in [0.1, 0.15) is 11.3 Å². The van der Waals surface area contributed by atoms with Crippen molar-refractivity contribution in [2.24, 2.45) is 11.8 Å². The second-order valence-corrected chi connectivity index (χ2v) is 7.84. The zero-order valence-electron chi connectivity index (χ0n) is 15.4. The number of fused-ring (bicyclic) bond motifs is 5. The molecular weight excluding hydrogens is 372 g/mol. The van der Waals surface area contributed by atoms with Gasteiger partial charge in [-0.3, -0.25) is 14.4 Å². The van der Waals surface area contributed by atoms with E-state index in [1.807, 2.05) is 0 Å². The van der Waals surface area contributed by atoms with Crippen LogP contribution in [0.2, 0.25) is 5.02 Å². The highest BCUT2D eigenvalue weighted by Crippen LogP contribution is 2.56. The summed E-state index contributed by atoms with van der Waals surface area (Å²) in [4.78, 5) is 42.0. The van der Waals surface area contributed by atoms with Gasteiger partial charge < -0.3 is 19.3 Å². The Labute approximate surface area is 162 Å². The van der Waals surface area contributed by atoms with Crippen LogP contribution < -0.4 is 4.74 Å². The molecule has 0 unspecified atom stereocenters. The van der Waals surface area contributed by atoms with E-state index in [0.717, 1.165) is 5.56 Å². The standard InChI is InChI=1S/C19H21ClN2O5/c1-4-26-17(24)15-12-9-27-13-6-5-10(20)7-11(13)16(12)22-14(23)8-21(3)18(25)19(15,22)2/h5-7,12,15-16H,4,8-9H2,1-3H3/t12-,15-,16+,19-/m1/s1. The van der Waals surface area contributed by atoms with Gasteiger partial charge in [0.05, 0.1) is 31.7 Å². The molecule has 1 aromatic rings. The van der Waals surface area contributed by atoms with Crippen molar-refractivity contribution < 1.29 is 23.9 Å². The minimum atomic E-state index is -1.32. The van der Waals surface area contributed by atoms with Crippen molar-refractivity contribution >= 4 is 29.4 Å². The summed E-state index contributed by atoms with van der Waals surface area (Å²) in [5.74, 6) is -1.53. The van der Waals surface area contributed by atoms with E-state index in [4.69, 9.17) is 21.1 Å². The van der Waals surface area contributed by atoms with Crippen molar-refractivity contribution in [1.29, 1.82) is 0 Å². The monoisotopic (exact) mass is 392 g/mol. The number of piperazine rings is 1. The molecule has 3 aliphatic rings. The smallest absolute Gasteiger partial charge is 0.312 e. The van der Waals surface area contributed by atoms with E-state index in [1.165, 1.54) is 4.90 Å². The van der Waals surface area contributed by atoms with Crippen LogP contribution in [0, 0.1) is 11.8 Å². The molecule has 4 rings (SSSR count). The lowest BCUT2D eigenvalue weighted by Crippen LogP contribution is -2.66. The van der Waals surface area contributed by atoms with Crippen LogP contribution in [0.3, 0.4) is 0 Å². The third-order valence-electron chi connectivity index (χ3n) is 5.90. The summed E-state index contributed by atoms with van der Waals surface area (Å²) in [6.45, 7) is 3.77. The van der Waals surface area contributed by atoms with Gasteiger partial charge in [-0.15, -0.1) is 0 Å². The molecule has 3 aliphatic heterocycles. The summed E-state index contributed by atoms with van der Waals surface area (Å²) in [5.41, 5.74) is -0.596. The Kier molecular flexibility index (Phi) is 4.10. The van der Waals surface area contributed by atoms with Crippen molar-refractivity contribution in [3.63, 3.8) is 0 Å². The molecule has 3 heterocycles. The van der Waals surface area contributed by atoms with Gasteiger partial charge >= 0.3 is 5.97 Å². The number of nitrogens with zero attached hydrogens (tertiary/aromatic N) is 2. The summed E-state index contributed by atoms with van der Waals surface area (Å²) in [7, 11) is 1.58. The quantitative estimate of drug-likeness (QED) is 0.715. The van der Waals surface area contributed by atoms with Gasteiger partial charge in [0.2, 0.25) is 11.8 Å². The predicted octanol–water partition coefficient (Wildman–Crippen LogP) is 1.64. The van der Waals surface area contributed by atoms with Crippen LogP contribution in [0.15, 0.2) is 18.2 Å². The minimum Gasteiger partial charge on any atom is -0.493 e. The number of ether oxygens (including phenoxy) is 2. The number of amides is 2. The fourth-order valence-electron chi connectivity index (χ4n) is 4.88. The van der Waals surface area contributed by atoms with E-state index in [1.54, 1.807) is 44.0 Å². The van der Waals surface area contributed by atoms with Crippen LogP contribution in [0.1, 0.15) is 25.5 Å². The van der Waals surface area contributed by atoms with Crippen molar-refractivity contribution in [2.45, 2.75) is 25.4 Å². The van der Waals surface area contributed by atoms with Crippen molar-refractivity contribution in [1.82, 2.24) is 9.80 Å². The molecule has 0 radical (unpaired) electrons. The molecule has 0 saturated carbocycles. The molecule has 27 heavy (non-hydrogen) atoms. The third-order valence-corrected chi connectivity index (χ3v) is 6.14. The molecule has 0 aliphatic carbocycles. The zero-order chi connectivity index (χ0) is 19.5. The van der Waals surface area contributed by atoms with Crippen LogP contribution in [0.25, 0.3) is 0 Å². The first-order valence-electron chi connectivity index (χ1n) is 8.97. The minimum absolute atomic E-state index is 0.0239. The Hall–Kier alpha value is -2.28. The van der Waals surface area contributed by atoms with Gasteiger partial charge in [-0.25, -0.2) is 0 Å². The summed E-state index contributed by atoms with van der Waals surface area (Å²) >= 11 is 6.19. The lowest BCUT2D eigenvalue weighted by Gasteiger charge is -2.45. The van der Waals surface area contributed by atoms with Gasteiger partial charge in [0.25, 0.3) is 0 Å². The second kappa shape index (κ2) is 6.12. The highest BCUT2D eigenvalue weighted by Gasteiger charge is 2.68. The lowest BCUT2D eigenvalue weighted by molar-refractivity contribution is -0.169. The lowest BCUT2D eigenvalue weighted by atomic mass is 9.77. The Morgan fingerprint density at radius 1 is 1.41 bits per heavy atom. The molecule has 8 heteroatoms. The number of rotatable bonds is 2. The molecule has 0 N–H and O–H groups in total. The largest absolute Gasteiger partial charge is 0.493 e.